The van der Waals surface area contributed by atoms with Gasteiger partial charge < -0.3 is 24.5 Å². The third-order valence-electron chi connectivity index (χ3n) is 5.24. The van der Waals surface area contributed by atoms with Gasteiger partial charge in [0.25, 0.3) is 5.56 Å². The summed E-state index contributed by atoms with van der Waals surface area (Å²) in [6.45, 7) is -3.15. The highest BCUT2D eigenvalue weighted by molar-refractivity contribution is 6.36. The number of anilines is 3. The Balaban J connectivity index is 1.54. The van der Waals surface area contributed by atoms with Crippen molar-refractivity contribution in [2.24, 2.45) is 14.0 Å². The van der Waals surface area contributed by atoms with Crippen molar-refractivity contribution < 1.29 is 22.0 Å². The standard InChI is InChI=1S/C21H17ClF3N9O2/c1-26-15-9-34-12(5-27-15)13(7-29-34)36-14-6-28-18-17(16(14)22)33(3)20(31-18)30-11-4-10(21(23,24)25)8-32(2)19(11)35/h4-9,26H,1-3H3,(H,28,30,31)/i2D3. The Kier molecular flexibility index (Phi) is 4.65. The Morgan fingerprint density at radius 1 is 1.17 bits per heavy atom. The van der Waals surface area contributed by atoms with Crippen LogP contribution in [0, 0.1) is 0 Å². The Bertz CT molecular complexity index is 1800. The van der Waals surface area contributed by atoms with Crippen molar-refractivity contribution in [1.82, 2.24) is 33.7 Å². The summed E-state index contributed by atoms with van der Waals surface area (Å²) in [5.41, 5.74) is -2.36. The summed E-state index contributed by atoms with van der Waals surface area (Å²) in [5, 5.41) is 9.65. The van der Waals surface area contributed by atoms with Gasteiger partial charge in [0.2, 0.25) is 5.95 Å². The molecule has 0 aromatic carbocycles. The lowest BCUT2D eigenvalue weighted by molar-refractivity contribution is -0.138. The molecular weight excluding hydrogens is 503 g/mol. The number of pyridine rings is 2. The lowest BCUT2D eigenvalue weighted by Crippen LogP contribution is -2.23. The first kappa shape index (κ1) is 19.9. The molecule has 0 saturated carbocycles. The van der Waals surface area contributed by atoms with Gasteiger partial charge in [0.1, 0.15) is 27.6 Å². The molecule has 0 aliphatic carbocycles. The molecule has 0 saturated heterocycles. The fraction of sp³-hybridized carbons (Fsp3) is 0.190. The lowest BCUT2D eigenvalue weighted by Gasteiger charge is -2.12. The first-order valence-electron chi connectivity index (χ1n) is 11.6. The number of hydrogen-bond donors (Lipinski definition) is 2. The van der Waals surface area contributed by atoms with E-state index in [9.17, 15) is 18.0 Å². The molecular formula is C21H17ClF3N9O2. The molecule has 0 atom stereocenters. The Labute approximate surface area is 209 Å². The molecule has 0 aliphatic rings. The smallest absolute Gasteiger partial charge is 0.417 e. The Hall–Kier alpha value is -4.33. The number of nitrogens with zero attached hydrogens (tertiary/aromatic N) is 7. The van der Waals surface area contributed by atoms with Crippen LogP contribution in [0.2, 0.25) is 5.02 Å². The quantitative estimate of drug-likeness (QED) is 0.356. The third-order valence-corrected chi connectivity index (χ3v) is 5.61. The SMILES string of the molecule is [2H]C([2H])([2H])n1cc(C(F)(F)F)cc(Nc2nc3ncc(Oc4cnn5cc(NC)ncc45)c(Cl)c3n2C)c1=O. The van der Waals surface area contributed by atoms with Gasteiger partial charge >= 0.3 is 6.18 Å². The summed E-state index contributed by atoms with van der Waals surface area (Å²) in [7, 11) is 3.19. The highest BCUT2D eigenvalue weighted by Crippen LogP contribution is 2.37. The number of aromatic nitrogens is 7. The number of halogens is 4. The zero-order chi connectivity index (χ0) is 28.3. The Morgan fingerprint density at radius 2 is 1.97 bits per heavy atom. The van der Waals surface area contributed by atoms with Gasteiger partial charge in [-0.3, -0.25) is 4.79 Å². The second kappa shape index (κ2) is 8.41. The monoisotopic (exact) mass is 522 g/mol. The van der Waals surface area contributed by atoms with E-state index in [1.54, 1.807) is 24.0 Å². The van der Waals surface area contributed by atoms with Crippen LogP contribution in [0.4, 0.5) is 30.6 Å². The van der Waals surface area contributed by atoms with E-state index in [1.165, 1.54) is 24.0 Å². The molecule has 186 valence electrons. The van der Waals surface area contributed by atoms with Gasteiger partial charge in [-0.1, -0.05) is 11.6 Å². The summed E-state index contributed by atoms with van der Waals surface area (Å²) in [4.78, 5) is 25.4. The largest absolute Gasteiger partial charge is 0.450 e. The van der Waals surface area contributed by atoms with Crippen LogP contribution in [0.5, 0.6) is 11.5 Å². The van der Waals surface area contributed by atoms with Crippen LogP contribution < -0.4 is 20.9 Å². The number of hydrogen-bond acceptors (Lipinski definition) is 8. The summed E-state index contributed by atoms with van der Waals surface area (Å²) >= 11 is 6.58. The predicted molar refractivity (Wildman–Crippen MR) is 126 cm³/mol. The summed E-state index contributed by atoms with van der Waals surface area (Å²) in [6.07, 6.45) is 1.28. The minimum Gasteiger partial charge on any atom is -0.450 e. The van der Waals surface area contributed by atoms with E-state index < -0.39 is 30.0 Å². The molecule has 5 heterocycles. The van der Waals surface area contributed by atoms with E-state index in [4.69, 9.17) is 20.5 Å². The molecule has 0 aliphatic heterocycles. The van der Waals surface area contributed by atoms with Gasteiger partial charge in [-0.2, -0.15) is 23.3 Å². The fourth-order valence-corrected chi connectivity index (χ4v) is 3.73. The normalized spacial score (nSPS) is 13.4. The fourth-order valence-electron chi connectivity index (χ4n) is 3.43. The maximum atomic E-state index is 13.4. The van der Waals surface area contributed by atoms with E-state index in [-0.39, 0.29) is 38.6 Å². The molecule has 5 aromatic heterocycles. The van der Waals surface area contributed by atoms with Crippen molar-refractivity contribution in [3.05, 3.63) is 58.0 Å². The van der Waals surface area contributed by atoms with Crippen molar-refractivity contribution >= 4 is 45.7 Å². The van der Waals surface area contributed by atoms with Gasteiger partial charge in [0.15, 0.2) is 17.1 Å². The van der Waals surface area contributed by atoms with Crippen LogP contribution >= 0.6 is 11.6 Å². The highest BCUT2D eigenvalue weighted by atomic mass is 35.5. The molecule has 0 amide bonds. The number of aryl methyl sites for hydroxylation is 2. The minimum atomic E-state index is -4.91. The summed E-state index contributed by atoms with van der Waals surface area (Å²) in [5.74, 6) is 0.905. The van der Waals surface area contributed by atoms with E-state index in [0.717, 1.165) is 0 Å². The van der Waals surface area contributed by atoms with Gasteiger partial charge in [-0.05, 0) is 6.07 Å². The van der Waals surface area contributed by atoms with Gasteiger partial charge in [0.05, 0.1) is 30.4 Å². The predicted octanol–water partition coefficient (Wildman–Crippen LogP) is 3.96. The van der Waals surface area contributed by atoms with E-state index >= 15 is 0 Å². The molecule has 0 fully saturated rings. The maximum Gasteiger partial charge on any atom is 0.417 e. The van der Waals surface area contributed by atoms with Gasteiger partial charge in [-0.15, -0.1) is 0 Å². The number of rotatable bonds is 5. The molecule has 36 heavy (non-hydrogen) atoms. The molecule has 5 aromatic rings. The number of ether oxygens (including phenoxy) is 1. The molecule has 2 N–H and O–H groups in total. The molecule has 0 unspecified atom stereocenters. The van der Waals surface area contributed by atoms with Gasteiger partial charge in [0, 0.05) is 31.4 Å². The molecule has 15 heteroatoms. The van der Waals surface area contributed by atoms with Gasteiger partial charge in [-0.25, -0.2) is 14.5 Å². The number of fused-ring (bicyclic) bond motifs is 2. The average Bonchev–Trinajstić information content (AvgIpc) is 3.40. The van der Waals surface area contributed by atoms with Crippen LogP contribution in [-0.2, 0) is 20.2 Å². The third kappa shape index (κ3) is 3.94. The maximum absolute atomic E-state index is 13.4. The van der Waals surface area contributed by atoms with Crippen LogP contribution in [0.15, 0.2) is 41.8 Å². The van der Waals surface area contributed by atoms with Crippen molar-refractivity contribution in [1.29, 1.82) is 0 Å². The van der Waals surface area contributed by atoms with Crippen LogP contribution in [0.3, 0.4) is 0 Å². The zero-order valence-electron chi connectivity index (χ0n) is 21.4. The highest BCUT2D eigenvalue weighted by Gasteiger charge is 2.32. The van der Waals surface area contributed by atoms with Crippen LogP contribution in [0.25, 0.3) is 16.7 Å². The molecule has 5 rings (SSSR count). The Morgan fingerprint density at radius 3 is 2.69 bits per heavy atom. The van der Waals surface area contributed by atoms with Crippen molar-refractivity contribution in [2.75, 3.05) is 17.7 Å². The van der Waals surface area contributed by atoms with Crippen molar-refractivity contribution in [3.63, 3.8) is 0 Å². The molecule has 11 nitrogen and oxygen atoms in total. The first-order valence-corrected chi connectivity index (χ1v) is 10.5. The summed E-state index contributed by atoms with van der Waals surface area (Å²) < 4.78 is 71.5. The van der Waals surface area contributed by atoms with E-state index in [2.05, 4.69) is 30.7 Å². The zero-order valence-corrected chi connectivity index (χ0v) is 19.2. The summed E-state index contributed by atoms with van der Waals surface area (Å²) in [6, 6.07) is 0.506. The second-order valence-corrected chi connectivity index (χ2v) is 7.88. The van der Waals surface area contributed by atoms with Crippen LogP contribution in [-0.4, -0.2) is 40.7 Å². The van der Waals surface area contributed by atoms with Crippen molar-refractivity contribution in [2.45, 2.75) is 6.18 Å². The number of nitrogens with one attached hydrogen (secondary N) is 2. The minimum absolute atomic E-state index is 0.0304. The molecule has 0 bridgehead atoms. The second-order valence-electron chi connectivity index (χ2n) is 7.51. The molecule has 0 spiro atoms. The van der Waals surface area contributed by atoms with Crippen molar-refractivity contribution in [3.8, 4) is 11.5 Å². The first-order chi connectivity index (χ1) is 18.3. The van der Waals surface area contributed by atoms with Crippen LogP contribution in [0.1, 0.15) is 9.68 Å². The molecule has 0 radical (unpaired) electrons. The topological polar surface area (TPSA) is 116 Å². The lowest BCUT2D eigenvalue weighted by atomic mass is 10.2. The number of imidazole rings is 1. The van der Waals surface area contributed by atoms with E-state index in [1.807, 2.05) is 0 Å². The average molecular weight is 523 g/mol. The van der Waals surface area contributed by atoms with E-state index in [0.29, 0.717) is 23.2 Å². The number of alkyl halides is 3.